The quantitative estimate of drug-likeness (QED) is 0.192. The molecule has 6 aromatic carbocycles. The number of fused-ring (bicyclic) bond motifs is 3. The summed E-state index contributed by atoms with van der Waals surface area (Å²) >= 11 is 0. The minimum Gasteiger partial charge on any atom is -0.496 e. The van der Waals surface area contributed by atoms with Crippen molar-refractivity contribution in [1.82, 2.24) is 0 Å². The summed E-state index contributed by atoms with van der Waals surface area (Å²) < 4.78 is 5.86. The molecule has 0 fully saturated rings. The molecule has 0 N–H and O–H groups in total. The van der Waals surface area contributed by atoms with Gasteiger partial charge < -0.3 is 4.74 Å². The molecule has 2 unspecified atom stereocenters. The summed E-state index contributed by atoms with van der Waals surface area (Å²) in [6.45, 7) is 10.5. The molecule has 0 saturated carbocycles. The number of carbonyl (C=O) groups excluding carboxylic acids is 2. The molecule has 0 aromatic heterocycles. The van der Waals surface area contributed by atoms with E-state index < -0.39 is 0 Å². The van der Waals surface area contributed by atoms with E-state index in [1.165, 1.54) is 27.6 Å². The number of ether oxygens (including phenoxy) is 1. The largest absolute Gasteiger partial charge is 0.496 e. The standard InChI is InChI=1S/C27H22O2.C19H20O/c1-17-15-23-25(19-10-4-3-5-11-19)24(29-2)16-22(26(23)27(17)28)21-14-8-12-18-9-6-7-13-20(18)21;1-11-10-16-13(3)12(2)14(4)17(18(16)19(11)20)15-8-6-5-7-9-15/h3-14,16-17H,15H2,1-2H3;5-9,11H,10H2,1-4H3. The van der Waals surface area contributed by atoms with Crippen LogP contribution in [-0.2, 0) is 12.8 Å². The Balaban J connectivity index is 0.000000166. The monoisotopic (exact) mass is 642 g/mol. The number of benzene rings is 6. The van der Waals surface area contributed by atoms with Gasteiger partial charge in [0.1, 0.15) is 5.75 Å². The number of methoxy groups -OCH3 is 1. The molecule has 0 amide bonds. The Labute approximate surface area is 289 Å². The van der Waals surface area contributed by atoms with Gasteiger partial charge in [0.15, 0.2) is 11.6 Å². The van der Waals surface area contributed by atoms with Crippen LogP contribution in [0.2, 0.25) is 0 Å². The molecule has 49 heavy (non-hydrogen) atoms. The third-order valence-electron chi connectivity index (χ3n) is 10.7. The maximum absolute atomic E-state index is 13.3. The van der Waals surface area contributed by atoms with E-state index in [-0.39, 0.29) is 17.6 Å². The van der Waals surface area contributed by atoms with Gasteiger partial charge in [0.2, 0.25) is 0 Å². The first kappa shape index (κ1) is 32.3. The maximum atomic E-state index is 13.3. The van der Waals surface area contributed by atoms with Crippen molar-refractivity contribution < 1.29 is 14.3 Å². The number of carbonyl (C=O) groups is 2. The zero-order valence-electron chi connectivity index (χ0n) is 29.2. The van der Waals surface area contributed by atoms with E-state index in [4.69, 9.17) is 4.74 Å². The number of hydrogen-bond acceptors (Lipinski definition) is 3. The smallest absolute Gasteiger partial charge is 0.166 e. The van der Waals surface area contributed by atoms with Crippen molar-refractivity contribution in [3.05, 3.63) is 148 Å². The van der Waals surface area contributed by atoms with Crippen LogP contribution in [0.25, 0.3) is 44.2 Å². The highest BCUT2D eigenvalue weighted by atomic mass is 16.5. The van der Waals surface area contributed by atoms with Crippen LogP contribution in [0.4, 0.5) is 0 Å². The van der Waals surface area contributed by atoms with Crippen LogP contribution >= 0.6 is 0 Å². The van der Waals surface area contributed by atoms with Crippen LogP contribution in [0.3, 0.4) is 0 Å². The summed E-state index contributed by atoms with van der Waals surface area (Å²) in [7, 11) is 1.71. The Morgan fingerprint density at radius 1 is 0.531 bits per heavy atom. The van der Waals surface area contributed by atoms with Gasteiger partial charge >= 0.3 is 0 Å². The predicted octanol–water partition coefficient (Wildman–Crippen LogP) is 11.2. The van der Waals surface area contributed by atoms with Crippen molar-refractivity contribution >= 4 is 22.3 Å². The van der Waals surface area contributed by atoms with Crippen molar-refractivity contribution in [2.45, 2.75) is 47.5 Å². The fourth-order valence-electron chi connectivity index (χ4n) is 7.96. The lowest BCUT2D eigenvalue weighted by Gasteiger charge is -2.18. The fraction of sp³-hybridized carbons (Fsp3) is 0.217. The third kappa shape index (κ3) is 5.48. The second-order valence-electron chi connectivity index (χ2n) is 13.7. The normalized spacial score (nSPS) is 16.3. The maximum Gasteiger partial charge on any atom is 0.166 e. The fourth-order valence-corrected chi connectivity index (χ4v) is 7.96. The van der Waals surface area contributed by atoms with E-state index in [1.807, 2.05) is 62.4 Å². The van der Waals surface area contributed by atoms with Crippen LogP contribution < -0.4 is 4.74 Å². The van der Waals surface area contributed by atoms with Crippen LogP contribution in [0.15, 0.2) is 109 Å². The van der Waals surface area contributed by atoms with Crippen LogP contribution in [0.1, 0.15) is 62.4 Å². The first-order chi connectivity index (χ1) is 23.7. The highest BCUT2D eigenvalue weighted by Gasteiger charge is 2.35. The average molecular weight is 643 g/mol. The zero-order chi connectivity index (χ0) is 34.4. The molecule has 2 aliphatic carbocycles. The summed E-state index contributed by atoms with van der Waals surface area (Å²) in [5, 5.41) is 2.32. The Morgan fingerprint density at radius 3 is 1.73 bits per heavy atom. The van der Waals surface area contributed by atoms with Crippen molar-refractivity contribution in [2.24, 2.45) is 11.8 Å². The van der Waals surface area contributed by atoms with Crippen molar-refractivity contribution in [3.63, 3.8) is 0 Å². The second kappa shape index (κ2) is 13.0. The minimum absolute atomic E-state index is 0.0201. The molecule has 0 saturated heterocycles. The molecule has 0 heterocycles. The number of Topliss-reactive ketones (excluding diaryl/α,β-unsaturated/α-hetero) is 2. The molecule has 244 valence electrons. The molecule has 0 aliphatic heterocycles. The van der Waals surface area contributed by atoms with Gasteiger partial charge in [-0.2, -0.15) is 0 Å². The molecule has 0 radical (unpaired) electrons. The van der Waals surface area contributed by atoms with Gasteiger partial charge in [0.05, 0.1) is 7.11 Å². The van der Waals surface area contributed by atoms with E-state index in [9.17, 15) is 9.59 Å². The lowest BCUT2D eigenvalue weighted by Crippen LogP contribution is -2.06. The minimum atomic E-state index is -0.0201. The summed E-state index contributed by atoms with van der Waals surface area (Å²) in [6, 6.07) is 37.2. The van der Waals surface area contributed by atoms with Crippen LogP contribution in [0.5, 0.6) is 5.75 Å². The van der Waals surface area contributed by atoms with Gasteiger partial charge in [-0.25, -0.2) is 0 Å². The van der Waals surface area contributed by atoms with E-state index >= 15 is 0 Å². The summed E-state index contributed by atoms with van der Waals surface area (Å²) in [6.07, 6.45) is 1.63. The van der Waals surface area contributed by atoms with Crippen LogP contribution in [0, 0.1) is 32.6 Å². The van der Waals surface area contributed by atoms with Gasteiger partial charge in [-0.1, -0.05) is 117 Å². The molecular formula is C46H42O3. The summed E-state index contributed by atoms with van der Waals surface area (Å²) in [4.78, 5) is 25.9. The summed E-state index contributed by atoms with van der Waals surface area (Å²) in [5.74, 6) is 1.45. The third-order valence-corrected chi connectivity index (χ3v) is 10.7. The van der Waals surface area contributed by atoms with E-state index in [0.717, 1.165) is 74.0 Å². The SMILES string of the molecule is COc1cc(-c2cccc3ccccc23)c2c(c1-c1ccccc1)CC(C)C2=O.Cc1c(C)c2c(c(-c3ccccc3)c1C)C(=O)C(C)C2. The van der Waals surface area contributed by atoms with Gasteiger partial charge in [-0.05, 0) is 106 Å². The van der Waals surface area contributed by atoms with E-state index in [1.54, 1.807) is 7.11 Å². The molecule has 2 aliphatic rings. The lowest BCUT2D eigenvalue weighted by molar-refractivity contribution is 0.0939. The Bertz CT molecular complexity index is 2240. The predicted molar refractivity (Wildman–Crippen MR) is 202 cm³/mol. The first-order valence-electron chi connectivity index (χ1n) is 17.2. The zero-order valence-corrected chi connectivity index (χ0v) is 29.2. The molecule has 6 aromatic rings. The van der Waals surface area contributed by atoms with Crippen molar-refractivity contribution in [1.29, 1.82) is 0 Å². The molecule has 3 heteroatoms. The van der Waals surface area contributed by atoms with Gasteiger partial charge in [0.25, 0.3) is 0 Å². The van der Waals surface area contributed by atoms with E-state index in [0.29, 0.717) is 5.78 Å². The van der Waals surface area contributed by atoms with E-state index in [2.05, 4.69) is 81.4 Å². The van der Waals surface area contributed by atoms with Crippen LogP contribution in [-0.4, -0.2) is 18.7 Å². The Hall–Kier alpha value is -5.28. The number of rotatable bonds is 4. The Morgan fingerprint density at radius 2 is 1.08 bits per heavy atom. The van der Waals surface area contributed by atoms with Gasteiger partial charge in [-0.15, -0.1) is 0 Å². The average Bonchev–Trinajstić information content (AvgIpc) is 3.60. The highest BCUT2D eigenvalue weighted by Crippen LogP contribution is 2.47. The summed E-state index contributed by atoms with van der Waals surface area (Å²) in [5.41, 5.74) is 14.6. The molecule has 8 rings (SSSR count). The first-order valence-corrected chi connectivity index (χ1v) is 17.2. The second-order valence-corrected chi connectivity index (χ2v) is 13.7. The molecule has 0 spiro atoms. The molecular weight excluding hydrogens is 601 g/mol. The van der Waals surface area contributed by atoms with Crippen molar-refractivity contribution in [2.75, 3.05) is 7.11 Å². The van der Waals surface area contributed by atoms with Gasteiger partial charge in [0, 0.05) is 28.5 Å². The molecule has 3 nitrogen and oxygen atoms in total. The highest BCUT2D eigenvalue weighted by molar-refractivity contribution is 6.13. The lowest BCUT2D eigenvalue weighted by atomic mass is 9.86. The topological polar surface area (TPSA) is 43.4 Å². The number of hydrogen-bond donors (Lipinski definition) is 0. The van der Waals surface area contributed by atoms with Crippen molar-refractivity contribution in [3.8, 4) is 39.1 Å². The van der Waals surface area contributed by atoms with Gasteiger partial charge in [-0.3, -0.25) is 9.59 Å². The Kier molecular flexibility index (Phi) is 8.54. The number of ketones is 2. The molecule has 0 bridgehead atoms. The molecule has 2 atom stereocenters.